The Morgan fingerprint density at radius 3 is 2.67 bits per heavy atom. The van der Waals surface area contributed by atoms with Crippen molar-refractivity contribution in [1.82, 2.24) is 5.32 Å². The standard InChI is InChI=1S/C21H17BrN2O3/c22-17-6-1-4-15(12-17)9-10-20(25)23-14-16-5-2-7-18(13-16)24-21(26)19-8-3-11-27-19/h1-13H,14H2,(H,23,25)(H,24,26)/b10-9+. The number of hydrogen-bond acceptors (Lipinski definition) is 3. The summed E-state index contributed by atoms with van der Waals surface area (Å²) in [4.78, 5) is 24.0. The molecule has 0 fully saturated rings. The molecule has 6 heteroatoms. The molecule has 3 aromatic rings. The van der Waals surface area contributed by atoms with Gasteiger partial charge in [-0.3, -0.25) is 9.59 Å². The molecule has 1 aromatic heterocycles. The highest BCUT2D eigenvalue weighted by Gasteiger charge is 2.08. The number of anilines is 1. The molecule has 27 heavy (non-hydrogen) atoms. The zero-order valence-corrected chi connectivity index (χ0v) is 15.9. The van der Waals surface area contributed by atoms with Gasteiger partial charge in [-0.25, -0.2) is 0 Å². The van der Waals surface area contributed by atoms with Crippen molar-refractivity contribution in [3.8, 4) is 0 Å². The Hall–Kier alpha value is -3.12. The molecule has 3 rings (SSSR count). The van der Waals surface area contributed by atoms with Crippen LogP contribution in [0.15, 0.2) is 81.9 Å². The number of rotatable bonds is 6. The number of amides is 2. The molecule has 0 unspecified atom stereocenters. The average Bonchev–Trinajstić information content (AvgIpc) is 3.20. The van der Waals surface area contributed by atoms with Crippen molar-refractivity contribution in [2.45, 2.75) is 6.54 Å². The molecule has 0 atom stereocenters. The molecule has 0 radical (unpaired) electrons. The normalized spacial score (nSPS) is 10.7. The summed E-state index contributed by atoms with van der Waals surface area (Å²) in [5.41, 5.74) is 2.44. The van der Waals surface area contributed by atoms with Gasteiger partial charge in [-0.05, 0) is 53.6 Å². The minimum atomic E-state index is -0.321. The molecule has 0 saturated carbocycles. The summed E-state index contributed by atoms with van der Waals surface area (Å²) in [6.45, 7) is 0.353. The average molecular weight is 425 g/mol. The molecule has 0 aliphatic heterocycles. The number of nitrogens with one attached hydrogen (secondary N) is 2. The number of carbonyl (C=O) groups excluding carboxylic acids is 2. The SMILES string of the molecule is O=C(/C=C/c1cccc(Br)c1)NCc1cccc(NC(=O)c2ccco2)c1. The van der Waals surface area contributed by atoms with Crippen LogP contribution in [0.2, 0.25) is 0 Å². The van der Waals surface area contributed by atoms with E-state index in [-0.39, 0.29) is 17.6 Å². The van der Waals surface area contributed by atoms with Gasteiger partial charge in [0.25, 0.3) is 5.91 Å². The van der Waals surface area contributed by atoms with Gasteiger partial charge in [-0.15, -0.1) is 0 Å². The summed E-state index contributed by atoms with van der Waals surface area (Å²) in [6.07, 6.45) is 4.69. The largest absolute Gasteiger partial charge is 0.459 e. The maximum Gasteiger partial charge on any atom is 0.291 e. The first kappa shape index (κ1) is 18.7. The van der Waals surface area contributed by atoms with Crippen molar-refractivity contribution < 1.29 is 14.0 Å². The molecule has 2 N–H and O–H groups in total. The number of hydrogen-bond donors (Lipinski definition) is 2. The van der Waals surface area contributed by atoms with Gasteiger partial charge in [0.15, 0.2) is 5.76 Å². The monoisotopic (exact) mass is 424 g/mol. The maximum absolute atomic E-state index is 12.0. The Morgan fingerprint density at radius 2 is 1.89 bits per heavy atom. The highest BCUT2D eigenvalue weighted by molar-refractivity contribution is 9.10. The van der Waals surface area contributed by atoms with Crippen LogP contribution in [-0.2, 0) is 11.3 Å². The summed E-state index contributed by atoms with van der Waals surface area (Å²) < 4.78 is 6.02. The summed E-state index contributed by atoms with van der Waals surface area (Å²) >= 11 is 3.40. The third kappa shape index (κ3) is 5.69. The van der Waals surface area contributed by atoms with Crippen LogP contribution >= 0.6 is 15.9 Å². The topological polar surface area (TPSA) is 71.3 Å². The predicted molar refractivity (Wildman–Crippen MR) is 108 cm³/mol. The van der Waals surface area contributed by atoms with Crippen molar-refractivity contribution in [3.05, 3.63) is 94.4 Å². The van der Waals surface area contributed by atoms with Gasteiger partial charge >= 0.3 is 0 Å². The van der Waals surface area contributed by atoms with E-state index < -0.39 is 0 Å². The second-order valence-corrected chi connectivity index (χ2v) is 6.65. The van der Waals surface area contributed by atoms with Crippen molar-refractivity contribution in [3.63, 3.8) is 0 Å². The lowest BCUT2D eigenvalue weighted by molar-refractivity contribution is -0.116. The molecule has 0 aliphatic rings. The summed E-state index contributed by atoms with van der Waals surface area (Å²) in [5, 5.41) is 5.58. The first-order chi connectivity index (χ1) is 13.1. The number of furan rings is 1. The van der Waals surface area contributed by atoms with E-state index in [0.29, 0.717) is 12.2 Å². The molecule has 2 amide bonds. The Labute approximate surface area is 165 Å². The molecular formula is C21H17BrN2O3. The van der Waals surface area contributed by atoms with E-state index in [1.54, 1.807) is 30.3 Å². The summed E-state index contributed by atoms with van der Waals surface area (Å²) in [7, 11) is 0. The van der Waals surface area contributed by atoms with Crippen LogP contribution in [0.3, 0.4) is 0 Å². The van der Waals surface area contributed by atoms with Gasteiger partial charge in [-0.2, -0.15) is 0 Å². The van der Waals surface area contributed by atoms with Crippen LogP contribution in [0.25, 0.3) is 6.08 Å². The molecule has 0 aliphatic carbocycles. The van der Waals surface area contributed by atoms with Crippen molar-refractivity contribution >= 4 is 39.5 Å². The van der Waals surface area contributed by atoms with Gasteiger partial charge in [0, 0.05) is 22.8 Å². The van der Waals surface area contributed by atoms with Crippen LogP contribution in [-0.4, -0.2) is 11.8 Å². The fourth-order valence-corrected chi connectivity index (χ4v) is 2.81. The minimum Gasteiger partial charge on any atom is -0.459 e. The van der Waals surface area contributed by atoms with Gasteiger partial charge in [0.05, 0.1) is 6.26 Å². The smallest absolute Gasteiger partial charge is 0.291 e. The lowest BCUT2D eigenvalue weighted by Gasteiger charge is -2.07. The van der Waals surface area contributed by atoms with Crippen LogP contribution in [0.1, 0.15) is 21.7 Å². The molecule has 5 nitrogen and oxygen atoms in total. The molecule has 1 heterocycles. The fourth-order valence-electron chi connectivity index (χ4n) is 2.39. The highest BCUT2D eigenvalue weighted by Crippen LogP contribution is 2.14. The summed E-state index contributed by atoms with van der Waals surface area (Å²) in [6, 6.07) is 18.2. The third-order valence-corrected chi connectivity index (χ3v) is 4.17. The van der Waals surface area contributed by atoms with Gasteiger partial charge in [0.2, 0.25) is 5.91 Å². The molecule has 2 aromatic carbocycles. The number of halogens is 1. The van der Waals surface area contributed by atoms with Crippen LogP contribution in [0, 0.1) is 0 Å². The Kier molecular flexibility index (Phi) is 6.22. The van der Waals surface area contributed by atoms with E-state index >= 15 is 0 Å². The number of carbonyl (C=O) groups is 2. The Balaban J connectivity index is 1.55. The van der Waals surface area contributed by atoms with Crippen LogP contribution in [0.4, 0.5) is 5.69 Å². The van der Waals surface area contributed by atoms with E-state index in [9.17, 15) is 9.59 Å². The Bertz CT molecular complexity index is 965. The Morgan fingerprint density at radius 1 is 1.04 bits per heavy atom. The predicted octanol–water partition coefficient (Wildman–Crippen LogP) is 4.62. The van der Waals surface area contributed by atoms with Crippen molar-refractivity contribution in [1.29, 1.82) is 0 Å². The third-order valence-electron chi connectivity index (χ3n) is 3.67. The van der Waals surface area contributed by atoms with Crippen molar-refractivity contribution in [2.75, 3.05) is 5.32 Å². The maximum atomic E-state index is 12.0. The molecule has 0 saturated heterocycles. The highest BCUT2D eigenvalue weighted by atomic mass is 79.9. The van der Waals surface area contributed by atoms with E-state index in [0.717, 1.165) is 15.6 Å². The second kappa shape index (κ2) is 9.00. The quantitative estimate of drug-likeness (QED) is 0.566. The lowest BCUT2D eigenvalue weighted by Crippen LogP contribution is -2.20. The van der Waals surface area contributed by atoms with Gasteiger partial charge in [-0.1, -0.05) is 40.2 Å². The van der Waals surface area contributed by atoms with Crippen molar-refractivity contribution in [2.24, 2.45) is 0 Å². The molecule has 0 bridgehead atoms. The zero-order chi connectivity index (χ0) is 19.1. The van der Waals surface area contributed by atoms with Crippen LogP contribution < -0.4 is 10.6 Å². The fraction of sp³-hybridized carbons (Fsp3) is 0.0476. The number of benzene rings is 2. The molecular weight excluding hydrogens is 408 g/mol. The van der Waals surface area contributed by atoms with Gasteiger partial charge < -0.3 is 15.1 Å². The van der Waals surface area contributed by atoms with Crippen LogP contribution in [0.5, 0.6) is 0 Å². The first-order valence-electron chi connectivity index (χ1n) is 8.25. The zero-order valence-electron chi connectivity index (χ0n) is 14.3. The van der Waals surface area contributed by atoms with E-state index in [2.05, 4.69) is 26.6 Å². The minimum absolute atomic E-state index is 0.194. The van der Waals surface area contributed by atoms with E-state index in [4.69, 9.17) is 4.42 Å². The molecule has 0 spiro atoms. The second-order valence-electron chi connectivity index (χ2n) is 5.74. The van der Waals surface area contributed by atoms with Gasteiger partial charge in [0.1, 0.15) is 0 Å². The van der Waals surface area contributed by atoms with E-state index in [1.165, 1.54) is 12.3 Å². The molecule has 136 valence electrons. The first-order valence-corrected chi connectivity index (χ1v) is 9.05. The summed E-state index contributed by atoms with van der Waals surface area (Å²) in [5.74, 6) is -0.274. The van der Waals surface area contributed by atoms with E-state index in [1.807, 2.05) is 36.4 Å². The lowest BCUT2D eigenvalue weighted by atomic mass is 10.2.